The van der Waals surface area contributed by atoms with Gasteiger partial charge in [0, 0.05) is 60.5 Å². The van der Waals surface area contributed by atoms with Crippen LogP contribution in [0.5, 0.6) is 5.75 Å². The molecule has 0 spiro atoms. The molecule has 2 aliphatic heterocycles. The van der Waals surface area contributed by atoms with Crippen molar-refractivity contribution < 1.29 is 19.4 Å². The standard InChI is InChI=1S/C28H28N4O4/c1-2-20-4-5-21-8-10-32(25(21)16-20)28-23-17-22(6-7-27(33)34)26(18-24(23)29-19-30-28)36-13-3-9-31-11-14-35-15-12-31/h1,4-7,16-19H,3,8-15H2,(H,33,34). The third kappa shape index (κ3) is 5.18. The Morgan fingerprint density at radius 3 is 2.86 bits per heavy atom. The van der Waals surface area contributed by atoms with E-state index in [1.807, 2.05) is 24.3 Å². The summed E-state index contributed by atoms with van der Waals surface area (Å²) in [4.78, 5) is 24.9. The zero-order chi connectivity index (χ0) is 24.9. The van der Waals surface area contributed by atoms with E-state index < -0.39 is 5.97 Å². The first-order valence-electron chi connectivity index (χ1n) is 12.1. The summed E-state index contributed by atoms with van der Waals surface area (Å²) in [5.41, 5.74) is 4.47. The van der Waals surface area contributed by atoms with Gasteiger partial charge in [-0.1, -0.05) is 12.0 Å². The smallest absolute Gasteiger partial charge is 0.328 e. The fourth-order valence-corrected chi connectivity index (χ4v) is 4.70. The molecular formula is C28H28N4O4. The Hall–Kier alpha value is -3.93. The lowest BCUT2D eigenvalue weighted by Crippen LogP contribution is -2.37. The fraction of sp³-hybridized carbons (Fsp3) is 0.321. The number of hydrogen-bond donors (Lipinski definition) is 1. The van der Waals surface area contributed by atoms with E-state index in [1.54, 1.807) is 12.4 Å². The van der Waals surface area contributed by atoms with Crippen molar-refractivity contribution in [2.45, 2.75) is 12.8 Å². The molecular weight excluding hydrogens is 456 g/mol. The maximum Gasteiger partial charge on any atom is 0.328 e. The molecule has 5 rings (SSSR count). The number of ether oxygens (including phenoxy) is 2. The SMILES string of the molecule is C#Cc1ccc2c(c1)N(c1ncnc3cc(OCCCN4CCOCC4)c(C=CC(=O)O)cc13)CC2. The van der Waals surface area contributed by atoms with Crippen LogP contribution < -0.4 is 9.64 Å². The first kappa shape index (κ1) is 23.8. The van der Waals surface area contributed by atoms with Gasteiger partial charge in [-0.15, -0.1) is 6.42 Å². The number of rotatable bonds is 8. The van der Waals surface area contributed by atoms with E-state index in [0.717, 1.165) is 86.3 Å². The number of aliphatic carboxylic acids is 1. The molecule has 3 aromatic rings. The first-order valence-corrected chi connectivity index (χ1v) is 12.1. The van der Waals surface area contributed by atoms with Gasteiger partial charge in [-0.25, -0.2) is 14.8 Å². The van der Waals surface area contributed by atoms with Crippen LogP contribution in [0.15, 0.2) is 42.7 Å². The van der Waals surface area contributed by atoms with Crippen LogP contribution in [0.3, 0.4) is 0 Å². The van der Waals surface area contributed by atoms with Crippen LogP contribution in [0.1, 0.15) is 23.1 Å². The van der Waals surface area contributed by atoms with Crippen LogP contribution in [0.4, 0.5) is 11.5 Å². The predicted octanol–water partition coefficient (Wildman–Crippen LogP) is 3.50. The van der Waals surface area contributed by atoms with Crippen molar-refractivity contribution >= 4 is 34.5 Å². The van der Waals surface area contributed by atoms with Crippen LogP contribution in [0, 0.1) is 12.3 Å². The number of carboxylic acids is 1. The molecule has 0 radical (unpaired) electrons. The summed E-state index contributed by atoms with van der Waals surface area (Å²) in [6, 6.07) is 9.80. The lowest BCUT2D eigenvalue weighted by atomic mass is 10.1. The highest BCUT2D eigenvalue weighted by atomic mass is 16.5. The van der Waals surface area contributed by atoms with Crippen molar-refractivity contribution in [3.63, 3.8) is 0 Å². The molecule has 0 saturated carbocycles. The zero-order valence-corrected chi connectivity index (χ0v) is 20.0. The Bertz CT molecular complexity index is 1340. The molecule has 1 fully saturated rings. The molecule has 0 bridgehead atoms. The molecule has 2 aromatic carbocycles. The summed E-state index contributed by atoms with van der Waals surface area (Å²) in [7, 11) is 0. The van der Waals surface area contributed by atoms with Crippen molar-refractivity contribution in [3.8, 4) is 18.1 Å². The molecule has 36 heavy (non-hydrogen) atoms. The number of morpholine rings is 1. The maximum atomic E-state index is 11.3. The molecule has 1 aromatic heterocycles. The number of benzene rings is 2. The summed E-state index contributed by atoms with van der Waals surface area (Å²) in [6.45, 7) is 5.62. The first-order chi connectivity index (χ1) is 17.6. The average molecular weight is 485 g/mol. The molecule has 1 saturated heterocycles. The minimum atomic E-state index is -1.02. The summed E-state index contributed by atoms with van der Waals surface area (Å²) < 4.78 is 11.5. The molecule has 3 heterocycles. The normalized spacial score (nSPS) is 15.8. The summed E-state index contributed by atoms with van der Waals surface area (Å²) in [5, 5.41) is 10.1. The molecule has 0 aliphatic carbocycles. The molecule has 0 unspecified atom stereocenters. The number of anilines is 2. The van der Waals surface area contributed by atoms with Gasteiger partial charge in [0.2, 0.25) is 0 Å². The topological polar surface area (TPSA) is 88.0 Å². The Labute approximate surface area is 210 Å². The Kier molecular flexibility index (Phi) is 7.12. The predicted molar refractivity (Wildman–Crippen MR) is 139 cm³/mol. The van der Waals surface area contributed by atoms with Crippen molar-refractivity contribution in [2.24, 2.45) is 0 Å². The van der Waals surface area contributed by atoms with Gasteiger partial charge in [-0.2, -0.15) is 0 Å². The molecule has 0 amide bonds. The van der Waals surface area contributed by atoms with E-state index in [9.17, 15) is 9.90 Å². The lowest BCUT2D eigenvalue weighted by Gasteiger charge is -2.26. The largest absolute Gasteiger partial charge is 0.493 e. The molecule has 184 valence electrons. The molecule has 8 heteroatoms. The Balaban J connectivity index is 1.44. The lowest BCUT2D eigenvalue weighted by molar-refractivity contribution is -0.131. The Morgan fingerprint density at radius 2 is 2.06 bits per heavy atom. The summed E-state index contributed by atoms with van der Waals surface area (Å²) >= 11 is 0. The highest BCUT2D eigenvalue weighted by Gasteiger charge is 2.24. The quantitative estimate of drug-likeness (QED) is 0.295. The van der Waals surface area contributed by atoms with Crippen molar-refractivity contribution in [1.82, 2.24) is 14.9 Å². The zero-order valence-electron chi connectivity index (χ0n) is 20.0. The highest BCUT2D eigenvalue weighted by molar-refractivity contribution is 5.96. The van der Waals surface area contributed by atoms with Gasteiger partial charge in [-0.05, 0) is 42.7 Å². The molecule has 1 N–H and O–H groups in total. The second-order valence-electron chi connectivity index (χ2n) is 8.82. The van der Waals surface area contributed by atoms with E-state index in [0.29, 0.717) is 17.9 Å². The number of carbonyl (C=O) groups is 1. The second kappa shape index (κ2) is 10.8. The van der Waals surface area contributed by atoms with Gasteiger partial charge in [0.25, 0.3) is 0 Å². The number of fused-ring (bicyclic) bond motifs is 2. The molecule has 8 nitrogen and oxygen atoms in total. The average Bonchev–Trinajstić information content (AvgIpc) is 3.33. The van der Waals surface area contributed by atoms with Crippen LogP contribution in [0.25, 0.3) is 17.0 Å². The monoisotopic (exact) mass is 484 g/mol. The van der Waals surface area contributed by atoms with Crippen molar-refractivity contribution in [3.05, 3.63) is 59.4 Å². The van der Waals surface area contributed by atoms with E-state index in [4.69, 9.17) is 15.9 Å². The van der Waals surface area contributed by atoms with Gasteiger partial charge in [-0.3, -0.25) is 4.90 Å². The second-order valence-corrected chi connectivity index (χ2v) is 8.82. The van der Waals surface area contributed by atoms with Gasteiger partial charge in [0.1, 0.15) is 17.9 Å². The van der Waals surface area contributed by atoms with Gasteiger partial charge < -0.3 is 19.5 Å². The van der Waals surface area contributed by atoms with Crippen LogP contribution >= 0.6 is 0 Å². The maximum absolute atomic E-state index is 11.3. The number of terminal acetylenes is 1. The fourth-order valence-electron chi connectivity index (χ4n) is 4.70. The third-order valence-electron chi connectivity index (χ3n) is 6.53. The third-order valence-corrected chi connectivity index (χ3v) is 6.53. The van der Waals surface area contributed by atoms with Gasteiger partial charge in [0.15, 0.2) is 0 Å². The van der Waals surface area contributed by atoms with E-state index in [2.05, 4.69) is 31.8 Å². The molecule has 2 aliphatic rings. The van der Waals surface area contributed by atoms with Gasteiger partial charge in [0.05, 0.1) is 25.3 Å². The van der Waals surface area contributed by atoms with E-state index in [-0.39, 0.29) is 0 Å². The molecule has 0 atom stereocenters. The van der Waals surface area contributed by atoms with E-state index in [1.165, 1.54) is 5.56 Å². The Morgan fingerprint density at radius 1 is 1.19 bits per heavy atom. The number of nitrogens with zero attached hydrogens (tertiary/aromatic N) is 4. The summed E-state index contributed by atoms with van der Waals surface area (Å²) in [5.74, 6) is 3.05. The minimum Gasteiger partial charge on any atom is -0.493 e. The van der Waals surface area contributed by atoms with Crippen LogP contribution in [-0.2, 0) is 16.0 Å². The van der Waals surface area contributed by atoms with Crippen LogP contribution in [-0.4, -0.2) is 71.9 Å². The number of hydrogen-bond acceptors (Lipinski definition) is 7. The van der Waals surface area contributed by atoms with E-state index >= 15 is 0 Å². The minimum absolute atomic E-state index is 0.517. The number of aromatic nitrogens is 2. The van der Waals surface area contributed by atoms with Crippen molar-refractivity contribution in [2.75, 3.05) is 50.9 Å². The number of carboxylic acid groups (broad SMARTS) is 1. The van der Waals surface area contributed by atoms with Gasteiger partial charge >= 0.3 is 5.97 Å². The van der Waals surface area contributed by atoms with Crippen LogP contribution in [0.2, 0.25) is 0 Å². The summed E-state index contributed by atoms with van der Waals surface area (Å²) in [6.07, 6.45) is 11.6. The van der Waals surface area contributed by atoms with Crippen molar-refractivity contribution in [1.29, 1.82) is 0 Å². The highest BCUT2D eigenvalue weighted by Crippen LogP contribution is 2.38.